The number of nitrogens with zero attached hydrogens (tertiary/aromatic N) is 2. The summed E-state index contributed by atoms with van der Waals surface area (Å²) in [6, 6.07) is 2.79. The monoisotopic (exact) mass is 265 g/mol. The first-order valence-electron chi connectivity index (χ1n) is 6.22. The molecule has 0 atom stereocenters. The SMILES string of the molecule is CCN(CC)C(=O)Nc1cc(C)c(C)cc1[N+](=O)[O-]. The highest BCUT2D eigenvalue weighted by atomic mass is 16.6. The van der Waals surface area contributed by atoms with E-state index >= 15 is 0 Å². The molecule has 6 nitrogen and oxygen atoms in total. The molecule has 0 radical (unpaired) electrons. The van der Waals surface area contributed by atoms with Gasteiger partial charge in [-0.15, -0.1) is 0 Å². The molecule has 1 aromatic carbocycles. The number of hydrogen-bond donors (Lipinski definition) is 1. The van der Waals surface area contributed by atoms with Gasteiger partial charge in [0.15, 0.2) is 0 Å². The summed E-state index contributed by atoms with van der Waals surface area (Å²) in [5.74, 6) is 0. The normalized spacial score (nSPS) is 10.1. The number of nitro groups is 1. The van der Waals surface area contributed by atoms with Gasteiger partial charge in [0.05, 0.1) is 4.92 Å². The summed E-state index contributed by atoms with van der Waals surface area (Å²) >= 11 is 0. The molecule has 104 valence electrons. The first-order chi connectivity index (χ1) is 8.90. The van der Waals surface area contributed by atoms with Crippen molar-refractivity contribution >= 4 is 17.4 Å². The average molecular weight is 265 g/mol. The second-order valence-corrected chi connectivity index (χ2v) is 4.31. The van der Waals surface area contributed by atoms with E-state index in [9.17, 15) is 14.9 Å². The van der Waals surface area contributed by atoms with Gasteiger partial charge in [-0.3, -0.25) is 10.1 Å². The Labute approximate surface area is 112 Å². The van der Waals surface area contributed by atoms with E-state index in [1.807, 2.05) is 20.8 Å². The molecule has 1 rings (SSSR count). The summed E-state index contributed by atoms with van der Waals surface area (Å²) in [6.07, 6.45) is 0. The van der Waals surface area contributed by atoms with Crippen molar-refractivity contribution in [1.29, 1.82) is 0 Å². The van der Waals surface area contributed by atoms with Crippen molar-refractivity contribution in [3.8, 4) is 0 Å². The van der Waals surface area contributed by atoms with E-state index in [2.05, 4.69) is 5.32 Å². The Morgan fingerprint density at radius 3 is 2.26 bits per heavy atom. The molecule has 0 fully saturated rings. The van der Waals surface area contributed by atoms with Crippen LogP contribution in [-0.4, -0.2) is 28.9 Å². The third kappa shape index (κ3) is 3.43. The van der Waals surface area contributed by atoms with Crippen LogP contribution in [0.4, 0.5) is 16.2 Å². The van der Waals surface area contributed by atoms with E-state index in [0.717, 1.165) is 11.1 Å². The molecular formula is C13H19N3O3. The number of carbonyl (C=O) groups is 1. The minimum atomic E-state index is -0.482. The summed E-state index contributed by atoms with van der Waals surface area (Å²) in [7, 11) is 0. The zero-order chi connectivity index (χ0) is 14.6. The number of nitro benzene ring substituents is 1. The number of benzene rings is 1. The smallest absolute Gasteiger partial charge is 0.322 e. The van der Waals surface area contributed by atoms with Crippen LogP contribution < -0.4 is 5.32 Å². The molecule has 1 N–H and O–H groups in total. The Bertz CT molecular complexity index is 496. The zero-order valence-electron chi connectivity index (χ0n) is 11.7. The minimum absolute atomic E-state index is 0.0800. The van der Waals surface area contributed by atoms with Gasteiger partial charge >= 0.3 is 6.03 Å². The molecule has 0 saturated heterocycles. The highest BCUT2D eigenvalue weighted by Crippen LogP contribution is 2.28. The van der Waals surface area contributed by atoms with Gasteiger partial charge in [0.25, 0.3) is 5.69 Å². The molecule has 1 aromatic rings. The first kappa shape index (κ1) is 14.9. The lowest BCUT2D eigenvalue weighted by Gasteiger charge is -2.19. The van der Waals surface area contributed by atoms with E-state index in [1.165, 1.54) is 6.07 Å². The van der Waals surface area contributed by atoms with Gasteiger partial charge in [-0.1, -0.05) is 0 Å². The Balaban J connectivity index is 3.09. The molecule has 0 spiro atoms. The minimum Gasteiger partial charge on any atom is -0.325 e. The predicted molar refractivity (Wildman–Crippen MR) is 74.5 cm³/mol. The summed E-state index contributed by atoms with van der Waals surface area (Å²) < 4.78 is 0. The van der Waals surface area contributed by atoms with Gasteiger partial charge < -0.3 is 10.2 Å². The Morgan fingerprint density at radius 2 is 1.79 bits per heavy atom. The molecule has 0 bridgehead atoms. The van der Waals surface area contributed by atoms with Crippen molar-refractivity contribution in [2.75, 3.05) is 18.4 Å². The lowest BCUT2D eigenvalue weighted by molar-refractivity contribution is -0.384. The number of nitrogens with one attached hydrogen (secondary N) is 1. The van der Waals surface area contributed by atoms with Crippen LogP contribution in [0.1, 0.15) is 25.0 Å². The van der Waals surface area contributed by atoms with E-state index in [1.54, 1.807) is 17.9 Å². The summed E-state index contributed by atoms with van der Waals surface area (Å²) in [6.45, 7) is 8.49. The fourth-order valence-electron chi connectivity index (χ4n) is 1.76. The second-order valence-electron chi connectivity index (χ2n) is 4.31. The van der Waals surface area contributed by atoms with Crippen LogP contribution in [0, 0.1) is 24.0 Å². The molecule has 6 heteroatoms. The second kappa shape index (κ2) is 6.17. The quantitative estimate of drug-likeness (QED) is 0.671. The van der Waals surface area contributed by atoms with Gasteiger partial charge in [-0.05, 0) is 44.9 Å². The molecule has 0 aliphatic carbocycles. The van der Waals surface area contributed by atoms with Crippen molar-refractivity contribution < 1.29 is 9.72 Å². The summed E-state index contributed by atoms with van der Waals surface area (Å²) in [5, 5.41) is 13.6. The molecule has 0 aliphatic rings. The molecule has 19 heavy (non-hydrogen) atoms. The predicted octanol–water partition coefficient (Wildman–Crippen LogP) is 3.09. The molecule has 0 aliphatic heterocycles. The number of aryl methyl sites for hydroxylation is 2. The lowest BCUT2D eigenvalue weighted by atomic mass is 10.1. The fourth-order valence-corrected chi connectivity index (χ4v) is 1.76. The van der Waals surface area contributed by atoms with Crippen molar-refractivity contribution in [3.63, 3.8) is 0 Å². The highest BCUT2D eigenvalue weighted by Gasteiger charge is 2.19. The van der Waals surface area contributed by atoms with E-state index < -0.39 is 4.92 Å². The molecule has 0 aromatic heterocycles. The van der Waals surface area contributed by atoms with Crippen molar-refractivity contribution in [2.24, 2.45) is 0 Å². The van der Waals surface area contributed by atoms with Gasteiger partial charge in [-0.2, -0.15) is 0 Å². The van der Waals surface area contributed by atoms with Crippen molar-refractivity contribution in [1.82, 2.24) is 4.90 Å². The summed E-state index contributed by atoms with van der Waals surface area (Å²) in [4.78, 5) is 24.0. The Kier molecular flexibility index (Phi) is 4.86. The van der Waals surface area contributed by atoms with Gasteiger partial charge in [-0.25, -0.2) is 4.79 Å². The molecule has 2 amide bonds. The molecular weight excluding hydrogens is 246 g/mol. The van der Waals surface area contributed by atoms with Crippen LogP contribution in [0.2, 0.25) is 0 Å². The van der Waals surface area contributed by atoms with E-state index in [4.69, 9.17) is 0 Å². The maximum Gasteiger partial charge on any atom is 0.322 e. The standard InChI is InChI=1S/C13H19N3O3/c1-5-15(6-2)13(17)14-11-7-9(3)10(4)8-12(11)16(18)19/h7-8H,5-6H2,1-4H3,(H,14,17). The highest BCUT2D eigenvalue weighted by molar-refractivity contribution is 5.92. The molecule has 0 saturated carbocycles. The van der Waals surface area contributed by atoms with Gasteiger partial charge in [0, 0.05) is 19.2 Å². The van der Waals surface area contributed by atoms with Gasteiger partial charge in [0.2, 0.25) is 0 Å². The van der Waals surface area contributed by atoms with Crippen LogP contribution >= 0.6 is 0 Å². The number of urea groups is 1. The Morgan fingerprint density at radius 1 is 1.26 bits per heavy atom. The maximum atomic E-state index is 11.9. The van der Waals surface area contributed by atoms with Crippen molar-refractivity contribution in [2.45, 2.75) is 27.7 Å². The number of anilines is 1. The average Bonchev–Trinajstić information content (AvgIpc) is 2.34. The van der Waals surface area contributed by atoms with Crippen LogP contribution in [0.5, 0.6) is 0 Å². The third-order valence-corrected chi connectivity index (χ3v) is 3.10. The largest absolute Gasteiger partial charge is 0.325 e. The summed E-state index contributed by atoms with van der Waals surface area (Å²) in [5.41, 5.74) is 1.89. The van der Waals surface area contributed by atoms with E-state index in [-0.39, 0.29) is 17.4 Å². The molecule has 0 unspecified atom stereocenters. The number of hydrogen-bond acceptors (Lipinski definition) is 3. The first-order valence-corrected chi connectivity index (χ1v) is 6.22. The fraction of sp³-hybridized carbons (Fsp3) is 0.462. The van der Waals surface area contributed by atoms with Crippen LogP contribution in [0.15, 0.2) is 12.1 Å². The third-order valence-electron chi connectivity index (χ3n) is 3.10. The Hall–Kier alpha value is -2.11. The van der Waals surface area contributed by atoms with Crippen LogP contribution in [0.25, 0.3) is 0 Å². The van der Waals surface area contributed by atoms with Crippen LogP contribution in [0.3, 0.4) is 0 Å². The van der Waals surface area contributed by atoms with Gasteiger partial charge in [0.1, 0.15) is 5.69 Å². The maximum absolute atomic E-state index is 11.9. The topological polar surface area (TPSA) is 75.5 Å². The molecule has 0 heterocycles. The number of rotatable bonds is 4. The number of carbonyl (C=O) groups excluding carboxylic acids is 1. The van der Waals surface area contributed by atoms with Crippen LogP contribution in [-0.2, 0) is 0 Å². The number of amides is 2. The van der Waals surface area contributed by atoms with Crippen molar-refractivity contribution in [3.05, 3.63) is 33.4 Å². The zero-order valence-corrected chi connectivity index (χ0v) is 11.7. The van der Waals surface area contributed by atoms with E-state index in [0.29, 0.717) is 13.1 Å². The lowest BCUT2D eigenvalue weighted by Crippen LogP contribution is -2.34.